The van der Waals surface area contributed by atoms with Gasteiger partial charge in [0.25, 0.3) is 21.8 Å². The van der Waals surface area contributed by atoms with Crippen LogP contribution in [-0.4, -0.2) is 37.3 Å². The van der Waals surface area contributed by atoms with Gasteiger partial charge in [0, 0.05) is 24.1 Å². The molecule has 12 heteroatoms. The molecule has 0 bridgehead atoms. The molecule has 1 aliphatic rings. The Morgan fingerprint density at radius 3 is 2.33 bits per heavy atom. The van der Waals surface area contributed by atoms with Gasteiger partial charge >= 0.3 is 0 Å². The average Bonchev–Trinajstić information content (AvgIpc) is 3.03. The van der Waals surface area contributed by atoms with E-state index in [-0.39, 0.29) is 21.6 Å². The van der Waals surface area contributed by atoms with Gasteiger partial charge < -0.3 is 10.1 Å². The Labute approximate surface area is 193 Å². The van der Waals surface area contributed by atoms with Crippen LogP contribution in [0.25, 0.3) is 0 Å². The summed E-state index contributed by atoms with van der Waals surface area (Å²) in [5.41, 5.74) is 0.526. The second kappa shape index (κ2) is 8.88. The first-order valence-corrected chi connectivity index (χ1v) is 11.3. The third kappa shape index (κ3) is 4.49. The second-order valence-corrected chi connectivity index (χ2v) is 8.72. The molecule has 10 nitrogen and oxygen atoms in total. The monoisotopic (exact) mass is 485 g/mol. The molecular weight excluding hydrogens is 470 g/mol. The molecule has 0 saturated heterocycles. The van der Waals surface area contributed by atoms with Crippen molar-refractivity contribution in [2.75, 3.05) is 22.0 Å². The number of amides is 2. The summed E-state index contributed by atoms with van der Waals surface area (Å²) < 4.78 is 32.4. The number of carbonyl (C=O) groups is 2. The fourth-order valence-electron chi connectivity index (χ4n) is 2.99. The first-order valence-electron chi connectivity index (χ1n) is 9.40. The van der Waals surface area contributed by atoms with Crippen LogP contribution in [0.1, 0.15) is 0 Å². The lowest BCUT2D eigenvalue weighted by Gasteiger charge is -2.16. The number of ether oxygens (including phenoxy) is 1. The van der Waals surface area contributed by atoms with E-state index in [1.165, 1.54) is 49.8 Å². The molecule has 2 amide bonds. The molecule has 0 aliphatic carbocycles. The van der Waals surface area contributed by atoms with Crippen molar-refractivity contribution in [3.8, 4) is 5.75 Å². The van der Waals surface area contributed by atoms with Crippen molar-refractivity contribution >= 4 is 50.8 Å². The van der Waals surface area contributed by atoms with E-state index in [1.807, 2.05) is 0 Å². The van der Waals surface area contributed by atoms with Gasteiger partial charge in [-0.1, -0.05) is 17.7 Å². The zero-order chi connectivity index (χ0) is 23.6. The van der Waals surface area contributed by atoms with E-state index in [4.69, 9.17) is 16.3 Å². The third-order valence-corrected chi connectivity index (χ3v) is 6.26. The fourth-order valence-corrected chi connectivity index (χ4v) is 4.16. The Hall–Kier alpha value is -3.96. The van der Waals surface area contributed by atoms with E-state index in [0.717, 1.165) is 4.90 Å². The smallest absolute Gasteiger partial charge is 0.283 e. The molecule has 2 N–H and O–H groups in total. The number of sulfonamides is 1. The number of methoxy groups -OCH3 is 1. The molecule has 168 valence electrons. The summed E-state index contributed by atoms with van der Waals surface area (Å²) in [7, 11) is -2.45. The maximum atomic E-state index is 12.9. The van der Waals surface area contributed by atoms with Gasteiger partial charge in [0.15, 0.2) is 0 Å². The Morgan fingerprint density at radius 2 is 1.67 bits per heavy atom. The Balaban J connectivity index is 1.53. The first-order chi connectivity index (χ1) is 15.8. The summed E-state index contributed by atoms with van der Waals surface area (Å²) in [4.78, 5) is 34.0. The molecule has 0 spiro atoms. The lowest BCUT2D eigenvalue weighted by atomic mass is 10.2. The predicted molar refractivity (Wildman–Crippen MR) is 121 cm³/mol. The molecule has 0 unspecified atom stereocenters. The highest BCUT2D eigenvalue weighted by Crippen LogP contribution is 2.32. The minimum Gasteiger partial charge on any atom is -0.497 e. The molecule has 0 saturated carbocycles. The van der Waals surface area contributed by atoms with Crippen LogP contribution in [0.4, 0.5) is 17.3 Å². The fraction of sp³-hybridized carbons (Fsp3) is 0.0476. The van der Waals surface area contributed by atoms with E-state index >= 15 is 0 Å². The van der Waals surface area contributed by atoms with Gasteiger partial charge in [-0.3, -0.25) is 9.59 Å². The number of nitrogens with zero attached hydrogens (tertiary/aromatic N) is 3. The van der Waals surface area contributed by atoms with E-state index < -0.39 is 21.8 Å². The van der Waals surface area contributed by atoms with Gasteiger partial charge in [-0.25, -0.2) is 28.0 Å². The van der Waals surface area contributed by atoms with Gasteiger partial charge in [-0.2, -0.15) is 0 Å². The number of rotatable bonds is 7. The number of imide groups is 1. The molecule has 0 radical (unpaired) electrons. The van der Waals surface area contributed by atoms with Gasteiger partial charge in [-0.05, 0) is 42.5 Å². The number of nitrogens with one attached hydrogen (secondary N) is 2. The quantitative estimate of drug-likeness (QED) is 0.488. The van der Waals surface area contributed by atoms with Crippen LogP contribution in [-0.2, 0) is 19.6 Å². The molecule has 1 aliphatic heterocycles. The van der Waals surface area contributed by atoms with Crippen LogP contribution in [0.5, 0.6) is 5.75 Å². The van der Waals surface area contributed by atoms with Crippen LogP contribution in [0.15, 0.2) is 82.6 Å². The molecule has 1 aromatic heterocycles. The van der Waals surface area contributed by atoms with Crippen molar-refractivity contribution in [2.45, 2.75) is 4.90 Å². The van der Waals surface area contributed by atoms with Crippen LogP contribution in [0.2, 0.25) is 0 Å². The molecular formula is C21H16ClN5O5S. The summed E-state index contributed by atoms with van der Waals surface area (Å²) in [6.45, 7) is 0. The minimum absolute atomic E-state index is 0.0487. The Morgan fingerprint density at radius 1 is 0.970 bits per heavy atom. The lowest BCUT2D eigenvalue weighted by Crippen LogP contribution is -2.32. The van der Waals surface area contributed by atoms with Crippen molar-refractivity contribution < 1.29 is 22.7 Å². The summed E-state index contributed by atoms with van der Waals surface area (Å²) in [6.07, 6.45) is 2.81. The second-order valence-electron chi connectivity index (χ2n) is 6.66. The molecule has 2 aromatic carbocycles. The largest absolute Gasteiger partial charge is 0.497 e. The number of hydrogen-bond donors (Lipinski definition) is 2. The minimum atomic E-state index is -3.92. The Kier molecular flexibility index (Phi) is 5.99. The molecule has 2 heterocycles. The Bertz CT molecular complexity index is 1360. The molecule has 3 aromatic rings. The van der Waals surface area contributed by atoms with E-state index in [1.54, 1.807) is 24.3 Å². The summed E-state index contributed by atoms with van der Waals surface area (Å²) in [5.74, 6) is -0.942. The highest BCUT2D eigenvalue weighted by Gasteiger charge is 2.39. The highest BCUT2D eigenvalue weighted by molar-refractivity contribution is 7.92. The van der Waals surface area contributed by atoms with Gasteiger partial charge in [0.2, 0.25) is 5.95 Å². The van der Waals surface area contributed by atoms with Gasteiger partial charge in [0.05, 0.1) is 17.7 Å². The molecule has 4 rings (SSSR count). The summed E-state index contributed by atoms with van der Waals surface area (Å²) >= 11 is 6.14. The summed E-state index contributed by atoms with van der Waals surface area (Å²) in [5, 5.41) is 2.50. The number of aromatic nitrogens is 2. The standard InChI is InChI=1S/C21H16ClN5O5S/c1-32-15-5-2-4-14(12-15)27-19(28)17(22)18(20(27)29)25-13-6-8-16(9-7-13)33(30,31)26-21-23-10-3-11-24-21/h2-12,25H,1H3,(H,23,24,26). The molecule has 0 fully saturated rings. The van der Waals surface area contributed by atoms with Crippen LogP contribution >= 0.6 is 11.6 Å². The SMILES string of the molecule is COc1cccc(N2C(=O)C(Cl)=C(Nc3ccc(S(=O)(=O)Nc4ncccn4)cc3)C2=O)c1. The lowest BCUT2D eigenvalue weighted by molar-refractivity contribution is -0.120. The van der Waals surface area contributed by atoms with Crippen LogP contribution < -0.4 is 19.7 Å². The van der Waals surface area contributed by atoms with E-state index in [0.29, 0.717) is 17.1 Å². The molecule has 0 atom stereocenters. The number of benzene rings is 2. The maximum Gasteiger partial charge on any atom is 0.283 e. The van der Waals surface area contributed by atoms with Crippen molar-refractivity contribution in [1.82, 2.24) is 9.97 Å². The van der Waals surface area contributed by atoms with Crippen molar-refractivity contribution in [1.29, 1.82) is 0 Å². The third-order valence-electron chi connectivity index (χ3n) is 4.56. The predicted octanol–water partition coefficient (Wildman–Crippen LogP) is 2.72. The average molecular weight is 486 g/mol. The highest BCUT2D eigenvalue weighted by atomic mass is 35.5. The van der Waals surface area contributed by atoms with Crippen LogP contribution in [0, 0.1) is 0 Å². The molecule has 33 heavy (non-hydrogen) atoms. The first kappa shape index (κ1) is 22.2. The van der Waals surface area contributed by atoms with Crippen LogP contribution in [0.3, 0.4) is 0 Å². The zero-order valence-electron chi connectivity index (χ0n) is 17.0. The van der Waals surface area contributed by atoms with Gasteiger partial charge in [-0.15, -0.1) is 0 Å². The number of halogens is 1. The number of carbonyl (C=O) groups excluding carboxylic acids is 2. The summed E-state index contributed by atoms with van der Waals surface area (Å²) in [6, 6.07) is 13.5. The number of anilines is 3. The topological polar surface area (TPSA) is 131 Å². The van der Waals surface area contributed by atoms with E-state index in [9.17, 15) is 18.0 Å². The van der Waals surface area contributed by atoms with Crippen molar-refractivity contribution in [3.63, 3.8) is 0 Å². The van der Waals surface area contributed by atoms with Crippen molar-refractivity contribution in [2.24, 2.45) is 0 Å². The van der Waals surface area contributed by atoms with Gasteiger partial charge in [0.1, 0.15) is 16.5 Å². The van der Waals surface area contributed by atoms with Crippen molar-refractivity contribution in [3.05, 3.63) is 77.7 Å². The zero-order valence-corrected chi connectivity index (χ0v) is 18.6. The number of hydrogen-bond acceptors (Lipinski definition) is 8. The maximum absolute atomic E-state index is 12.9. The van der Waals surface area contributed by atoms with E-state index in [2.05, 4.69) is 20.0 Å². The normalized spacial score (nSPS) is 13.9.